The number of halogens is 1. The van der Waals surface area contributed by atoms with Crippen LogP contribution in [0.2, 0.25) is 0 Å². The summed E-state index contributed by atoms with van der Waals surface area (Å²) in [5.74, 6) is -0.133. The summed E-state index contributed by atoms with van der Waals surface area (Å²) < 4.78 is 18.8. The van der Waals surface area contributed by atoms with Crippen LogP contribution >= 0.6 is 0 Å². The van der Waals surface area contributed by atoms with Crippen LogP contribution in [0.25, 0.3) is 0 Å². The molecule has 0 saturated carbocycles. The van der Waals surface area contributed by atoms with Crippen LogP contribution in [0, 0.1) is 5.82 Å². The van der Waals surface area contributed by atoms with Crippen LogP contribution < -0.4 is 5.32 Å². The van der Waals surface area contributed by atoms with Crippen molar-refractivity contribution in [3.63, 3.8) is 0 Å². The third kappa shape index (κ3) is 4.66. The Morgan fingerprint density at radius 2 is 1.62 bits per heavy atom. The lowest BCUT2D eigenvalue weighted by Crippen LogP contribution is -2.28. The SMILES string of the molecule is COCc1ccccc1CNC(C)Cc1ccccc1F. The fourth-order valence-electron chi connectivity index (χ4n) is 2.38. The predicted octanol–water partition coefficient (Wildman–Crippen LogP) is 3.69. The Labute approximate surface area is 126 Å². The van der Waals surface area contributed by atoms with E-state index in [4.69, 9.17) is 4.74 Å². The highest BCUT2D eigenvalue weighted by Crippen LogP contribution is 2.12. The van der Waals surface area contributed by atoms with E-state index in [0.717, 1.165) is 12.1 Å². The Bertz CT molecular complexity index is 571. The summed E-state index contributed by atoms with van der Waals surface area (Å²) in [5, 5.41) is 3.45. The van der Waals surface area contributed by atoms with Crippen LogP contribution in [0.15, 0.2) is 48.5 Å². The number of benzene rings is 2. The Morgan fingerprint density at radius 1 is 1.00 bits per heavy atom. The lowest BCUT2D eigenvalue weighted by Gasteiger charge is -2.16. The van der Waals surface area contributed by atoms with Gasteiger partial charge in [0, 0.05) is 19.7 Å². The average Bonchev–Trinajstić information content (AvgIpc) is 2.49. The van der Waals surface area contributed by atoms with Crippen molar-refractivity contribution >= 4 is 0 Å². The van der Waals surface area contributed by atoms with Crippen molar-refractivity contribution in [3.8, 4) is 0 Å². The van der Waals surface area contributed by atoms with Crippen molar-refractivity contribution in [2.75, 3.05) is 7.11 Å². The third-order valence-electron chi connectivity index (χ3n) is 3.54. The van der Waals surface area contributed by atoms with E-state index in [9.17, 15) is 4.39 Å². The van der Waals surface area contributed by atoms with Gasteiger partial charge in [0.1, 0.15) is 5.82 Å². The zero-order chi connectivity index (χ0) is 15.1. The van der Waals surface area contributed by atoms with E-state index < -0.39 is 0 Å². The van der Waals surface area contributed by atoms with Crippen molar-refractivity contribution in [2.45, 2.75) is 32.5 Å². The van der Waals surface area contributed by atoms with Crippen molar-refractivity contribution in [2.24, 2.45) is 0 Å². The highest BCUT2D eigenvalue weighted by atomic mass is 19.1. The molecule has 0 saturated heterocycles. The van der Waals surface area contributed by atoms with E-state index in [-0.39, 0.29) is 11.9 Å². The molecule has 1 N–H and O–H groups in total. The summed E-state index contributed by atoms with van der Waals surface area (Å²) in [6.45, 7) is 3.44. The van der Waals surface area contributed by atoms with E-state index in [1.807, 2.05) is 24.3 Å². The van der Waals surface area contributed by atoms with Crippen LogP contribution in [0.5, 0.6) is 0 Å². The molecule has 2 nitrogen and oxygen atoms in total. The summed E-state index contributed by atoms with van der Waals surface area (Å²) in [6, 6.07) is 15.4. The molecule has 0 fully saturated rings. The number of hydrogen-bond donors (Lipinski definition) is 1. The van der Waals surface area contributed by atoms with E-state index in [1.165, 1.54) is 17.2 Å². The first-order valence-electron chi connectivity index (χ1n) is 7.23. The molecule has 0 bridgehead atoms. The molecule has 1 atom stereocenters. The molecule has 2 aromatic carbocycles. The standard InChI is InChI=1S/C18H22FNO/c1-14(11-15-7-5-6-10-18(15)19)20-12-16-8-3-4-9-17(16)13-21-2/h3-10,14,20H,11-13H2,1-2H3. The largest absolute Gasteiger partial charge is 0.380 e. The summed E-state index contributed by atoms with van der Waals surface area (Å²) >= 11 is 0. The maximum absolute atomic E-state index is 13.6. The first kappa shape index (κ1) is 15.7. The lowest BCUT2D eigenvalue weighted by molar-refractivity contribution is 0.184. The van der Waals surface area contributed by atoms with Crippen molar-refractivity contribution < 1.29 is 9.13 Å². The van der Waals surface area contributed by atoms with Crippen LogP contribution in [0.4, 0.5) is 4.39 Å². The van der Waals surface area contributed by atoms with Crippen molar-refractivity contribution in [1.82, 2.24) is 5.32 Å². The van der Waals surface area contributed by atoms with Gasteiger partial charge in [-0.25, -0.2) is 4.39 Å². The van der Waals surface area contributed by atoms with Gasteiger partial charge in [0.2, 0.25) is 0 Å². The Hall–Kier alpha value is -1.71. The summed E-state index contributed by atoms with van der Waals surface area (Å²) in [6.07, 6.45) is 0.680. The first-order chi connectivity index (χ1) is 10.2. The second kappa shape index (κ2) is 7.91. The normalized spacial score (nSPS) is 12.3. The second-order valence-corrected chi connectivity index (χ2v) is 5.28. The van der Waals surface area contributed by atoms with Crippen LogP contribution in [0.1, 0.15) is 23.6 Å². The number of rotatable bonds is 7. The fourth-order valence-corrected chi connectivity index (χ4v) is 2.38. The Kier molecular flexibility index (Phi) is 5.90. The molecule has 0 aromatic heterocycles. The molecule has 0 heterocycles. The minimum atomic E-state index is -0.133. The number of methoxy groups -OCH3 is 1. The zero-order valence-electron chi connectivity index (χ0n) is 12.6. The van der Waals surface area contributed by atoms with Crippen molar-refractivity contribution in [3.05, 3.63) is 71.0 Å². The van der Waals surface area contributed by atoms with E-state index in [1.54, 1.807) is 13.2 Å². The predicted molar refractivity (Wildman–Crippen MR) is 83.6 cm³/mol. The molecule has 3 heteroatoms. The van der Waals surface area contributed by atoms with Crippen LogP contribution in [0.3, 0.4) is 0 Å². The summed E-state index contributed by atoms with van der Waals surface area (Å²) in [5.41, 5.74) is 3.16. The quantitative estimate of drug-likeness (QED) is 0.838. The molecule has 0 amide bonds. The number of hydrogen-bond acceptors (Lipinski definition) is 2. The van der Waals surface area contributed by atoms with Gasteiger partial charge in [-0.3, -0.25) is 0 Å². The molecule has 112 valence electrons. The van der Waals surface area contributed by atoms with E-state index in [0.29, 0.717) is 13.0 Å². The number of ether oxygens (including phenoxy) is 1. The number of nitrogens with one attached hydrogen (secondary N) is 1. The molecule has 1 unspecified atom stereocenters. The highest BCUT2D eigenvalue weighted by molar-refractivity contribution is 5.26. The minimum Gasteiger partial charge on any atom is -0.380 e. The molecule has 2 aromatic rings. The van der Waals surface area contributed by atoms with Gasteiger partial charge in [-0.2, -0.15) is 0 Å². The fraction of sp³-hybridized carbons (Fsp3) is 0.333. The summed E-state index contributed by atoms with van der Waals surface area (Å²) in [4.78, 5) is 0. The van der Waals surface area contributed by atoms with E-state index in [2.05, 4.69) is 24.4 Å². The third-order valence-corrected chi connectivity index (χ3v) is 3.54. The molecular formula is C18H22FNO. The molecule has 0 aliphatic carbocycles. The molecule has 0 aliphatic heterocycles. The minimum absolute atomic E-state index is 0.133. The van der Waals surface area contributed by atoms with Gasteiger partial charge in [-0.1, -0.05) is 42.5 Å². The smallest absolute Gasteiger partial charge is 0.126 e. The molecule has 21 heavy (non-hydrogen) atoms. The van der Waals surface area contributed by atoms with Gasteiger partial charge in [0.25, 0.3) is 0 Å². The van der Waals surface area contributed by atoms with Gasteiger partial charge < -0.3 is 10.1 Å². The lowest BCUT2D eigenvalue weighted by atomic mass is 10.0. The van der Waals surface area contributed by atoms with Gasteiger partial charge in [0.15, 0.2) is 0 Å². The van der Waals surface area contributed by atoms with Gasteiger partial charge in [0.05, 0.1) is 6.61 Å². The van der Waals surface area contributed by atoms with E-state index >= 15 is 0 Å². The topological polar surface area (TPSA) is 21.3 Å². The van der Waals surface area contributed by atoms with Crippen LogP contribution in [-0.4, -0.2) is 13.2 Å². The monoisotopic (exact) mass is 287 g/mol. The molecular weight excluding hydrogens is 265 g/mol. The summed E-state index contributed by atoms with van der Waals surface area (Å²) in [7, 11) is 1.70. The second-order valence-electron chi connectivity index (χ2n) is 5.28. The van der Waals surface area contributed by atoms with Crippen LogP contribution in [-0.2, 0) is 24.3 Å². The Balaban J connectivity index is 1.92. The van der Waals surface area contributed by atoms with Gasteiger partial charge >= 0.3 is 0 Å². The molecule has 0 aliphatic rings. The first-order valence-corrected chi connectivity index (χ1v) is 7.23. The highest BCUT2D eigenvalue weighted by Gasteiger charge is 2.08. The average molecular weight is 287 g/mol. The Morgan fingerprint density at radius 3 is 2.29 bits per heavy atom. The maximum atomic E-state index is 13.6. The molecule has 2 rings (SSSR count). The molecule has 0 spiro atoms. The van der Waals surface area contributed by atoms with Crippen molar-refractivity contribution in [1.29, 1.82) is 0 Å². The maximum Gasteiger partial charge on any atom is 0.126 e. The molecule has 0 radical (unpaired) electrons. The van der Waals surface area contributed by atoms with Gasteiger partial charge in [-0.15, -0.1) is 0 Å². The zero-order valence-corrected chi connectivity index (χ0v) is 12.6. The van der Waals surface area contributed by atoms with Gasteiger partial charge in [-0.05, 0) is 36.1 Å².